The number of hydrogen-bond acceptors (Lipinski definition) is 3. The zero-order chi connectivity index (χ0) is 16.3. The van der Waals surface area contributed by atoms with E-state index in [1.807, 2.05) is 6.92 Å². The average molecular weight is 334 g/mol. The molecule has 1 aromatic heterocycles. The van der Waals surface area contributed by atoms with Gasteiger partial charge in [0, 0.05) is 6.04 Å². The quantitative estimate of drug-likeness (QED) is 0.823. The summed E-state index contributed by atoms with van der Waals surface area (Å²) in [6, 6.07) is 9.03. The SMILES string of the molecule is CCc1ncnc(NC(C)c2ccc([Si](C)(C)C)cc2)c1Cl. The topological polar surface area (TPSA) is 37.8 Å². The number of benzene rings is 1. The molecular formula is C17H24ClN3Si. The maximum atomic E-state index is 6.34. The number of nitrogens with zero attached hydrogens (tertiary/aromatic N) is 2. The van der Waals surface area contributed by atoms with E-state index in [0.717, 1.165) is 12.1 Å². The first-order valence-electron chi connectivity index (χ1n) is 7.69. The van der Waals surface area contributed by atoms with Crippen molar-refractivity contribution < 1.29 is 0 Å². The van der Waals surface area contributed by atoms with Gasteiger partial charge in [0.15, 0.2) is 0 Å². The van der Waals surface area contributed by atoms with Gasteiger partial charge in [0.2, 0.25) is 0 Å². The Kier molecular flexibility index (Phi) is 5.24. The van der Waals surface area contributed by atoms with Crippen LogP contribution in [0.2, 0.25) is 24.7 Å². The van der Waals surface area contributed by atoms with Gasteiger partial charge in [-0.3, -0.25) is 0 Å². The lowest BCUT2D eigenvalue weighted by Gasteiger charge is -2.20. The highest BCUT2D eigenvalue weighted by Crippen LogP contribution is 2.26. The van der Waals surface area contributed by atoms with E-state index in [2.05, 4.69) is 66.1 Å². The Morgan fingerprint density at radius 2 is 1.77 bits per heavy atom. The van der Waals surface area contributed by atoms with Crippen molar-refractivity contribution in [2.45, 2.75) is 46.0 Å². The molecule has 0 aliphatic rings. The predicted molar refractivity (Wildman–Crippen MR) is 97.9 cm³/mol. The lowest BCUT2D eigenvalue weighted by atomic mass is 10.1. The molecular weight excluding hydrogens is 310 g/mol. The van der Waals surface area contributed by atoms with E-state index in [9.17, 15) is 0 Å². The van der Waals surface area contributed by atoms with E-state index in [-0.39, 0.29) is 6.04 Å². The Morgan fingerprint density at radius 3 is 2.32 bits per heavy atom. The number of hydrogen-bond donors (Lipinski definition) is 1. The maximum absolute atomic E-state index is 6.34. The second kappa shape index (κ2) is 6.80. The van der Waals surface area contributed by atoms with E-state index in [1.165, 1.54) is 10.8 Å². The summed E-state index contributed by atoms with van der Waals surface area (Å²) in [4.78, 5) is 8.46. The normalized spacial score (nSPS) is 13.0. The molecule has 0 radical (unpaired) electrons. The molecule has 0 amide bonds. The Balaban J connectivity index is 2.17. The molecule has 0 aliphatic heterocycles. The summed E-state index contributed by atoms with van der Waals surface area (Å²) in [6.07, 6.45) is 2.36. The lowest BCUT2D eigenvalue weighted by Crippen LogP contribution is -2.37. The zero-order valence-corrected chi connectivity index (χ0v) is 15.7. The summed E-state index contributed by atoms with van der Waals surface area (Å²) in [5.41, 5.74) is 2.11. The number of halogens is 1. The molecule has 1 aromatic carbocycles. The third-order valence-electron chi connectivity index (χ3n) is 3.83. The summed E-state index contributed by atoms with van der Waals surface area (Å²) >= 11 is 6.34. The van der Waals surface area contributed by atoms with E-state index >= 15 is 0 Å². The second-order valence-electron chi connectivity index (χ2n) is 6.57. The van der Waals surface area contributed by atoms with Crippen LogP contribution in [0.3, 0.4) is 0 Å². The molecule has 0 fully saturated rings. The van der Waals surface area contributed by atoms with Gasteiger partial charge in [-0.05, 0) is 18.9 Å². The van der Waals surface area contributed by atoms with Crippen LogP contribution in [0.15, 0.2) is 30.6 Å². The molecule has 0 spiro atoms. The van der Waals surface area contributed by atoms with E-state index in [1.54, 1.807) is 6.33 Å². The van der Waals surface area contributed by atoms with Crippen LogP contribution in [0.25, 0.3) is 0 Å². The molecule has 2 rings (SSSR count). The molecule has 1 heterocycles. The van der Waals surface area contributed by atoms with Gasteiger partial charge in [0.25, 0.3) is 0 Å². The molecule has 1 N–H and O–H groups in total. The summed E-state index contributed by atoms with van der Waals surface area (Å²) < 4.78 is 0. The van der Waals surface area contributed by atoms with Crippen molar-refractivity contribution in [3.8, 4) is 0 Å². The molecule has 0 bridgehead atoms. The average Bonchev–Trinajstić information content (AvgIpc) is 2.48. The molecule has 5 heteroatoms. The van der Waals surface area contributed by atoms with Crippen LogP contribution in [0.1, 0.15) is 31.1 Å². The van der Waals surface area contributed by atoms with Gasteiger partial charge in [-0.15, -0.1) is 0 Å². The highest BCUT2D eigenvalue weighted by Gasteiger charge is 2.17. The largest absolute Gasteiger partial charge is 0.362 e. The summed E-state index contributed by atoms with van der Waals surface area (Å²) in [5, 5.41) is 5.48. The minimum atomic E-state index is -1.25. The number of rotatable bonds is 5. The van der Waals surface area contributed by atoms with Crippen LogP contribution in [0.4, 0.5) is 5.82 Å². The van der Waals surface area contributed by atoms with Crippen LogP contribution >= 0.6 is 11.6 Å². The van der Waals surface area contributed by atoms with Crippen LogP contribution < -0.4 is 10.5 Å². The van der Waals surface area contributed by atoms with Gasteiger partial charge < -0.3 is 5.32 Å². The molecule has 118 valence electrons. The molecule has 22 heavy (non-hydrogen) atoms. The summed E-state index contributed by atoms with van der Waals surface area (Å²) in [6.45, 7) is 11.2. The van der Waals surface area contributed by atoms with Gasteiger partial charge in [-0.1, -0.05) is 67.6 Å². The van der Waals surface area contributed by atoms with Crippen LogP contribution in [-0.4, -0.2) is 18.0 Å². The Bertz CT molecular complexity index is 635. The minimum Gasteiger partial charge on any atom is -0.362 e. The number of anilines is 1. The lowest BCUT2D eigenvalue weighted by molar-refractivity contribution is 0.867. The highest BCUT2D eigenvalue weighted by atomic mass is 35.5. The van der Waals surface area contributed by atoms with E-state index < -0.39 is 8.07 Å². The van der Waals surface area contributed by atoms with Crippen LogP contribution in [-0.2, 0) is 6.42 Å². The molecule has 1 atom stereocenters. The van der Waals surface area contributed by atoms with Crippen molar-refractivity contribution in [2.75, 3.05) is 5.32 Å². The number of aromatic nitrogens is 2. The minimum absolute atomic E-state index is 0.146. The fourth-order valence-corrected chi connectivity index (χ4v) is 3.77. The van der Waals surface area contributed by atoms with Crippen molar-refractivity contribution in [1.82, 2.24) is 9.97 Å². The number of nitrogens with one attached hydrogen (secondary N) is 1. The summed E-state index contributed by atoms with van der Waals surface area (Å²) in [7, 11) is -1.25. The van der Waals surface area contributed by atoms with Crippen LogP contribution in [0.5, 0.6) is 0 Å². The predicted octanol–water partition coefficient (Wildman–Crippen LogP) is 4.41. The molecule has 0 aliphatic carbocycles. The monoisotopic (exact) mass is 333 g/mol. The van der Waals surface area contributed by atoms with E-state index in [4.69, 9.17) is 11.6 Å². The fraction of sp³-hybridized carbons (Fsp3) is 0.412. The second-order valence-corrected chi connectivity index (χ2v) is 12.0. The molecule has 0 saturated carbocycles. The first kappa shape index (κ1) is 17.0. The first-order valence-corrected chi connectivity index (χ1v) is 11.6. The van der Waals surface area contributed by atoms with Crippen molar-refractivity contribution in [2.24, 2.45) is 0 Å². The van der Waals surface area contributed by atoms with E-state index in [0.29, 0.717) is 10.8 Å². The zero-order valence-electron chi connectivity index (χ0n) is 13.9. The van der Waals surface area contributed by atoms with Gasteiger partial charge >= 0.3 is 0 Å². The number of aryl methyl sites for hydroxylation is 1. The fourth-order valence-electron chi connectivity index (χ4n) is 2.31. The van der Waals surface area contributed by atoms with Crippen LogP contribution in [0, 0.1) is 0 Å². The first-order chi connectivity index (χ1) is 10.3. The smallest absolute Gasteiger partial charge is 0.148 e. The highest BCUT2D eigenvalue weighted by molar-refractivity contribution is 6.88. The van der Waals surface area contributed by atoms with Crippen molar-refractivity contribution >= 4 is 30.7 Å². The summed E-state index contributed by atoms with van der Waals surface area (Å²) in [5.74, 6) is 0.704. The Hall–Kier alpha value is -1.39. The maximum Gasteiger partial charge on any atom is 0.148 e. The van der Waals surface area contributed by atoms with Crippen molar-refractivity contribution in [3.05, 3.63) is 46.9 Å². The van der Waals surface area contributed by atoms with Gasteiger partial charge in [-0.2, -0.15) is 0 Å². The Morgan fingerprint density at radius 1 is 1.14 bits per heavy atom. The van der Waals surface area contributed by atoms with Crippen molar-refractivity contribution in [1.29, 1.82) is 0 Å². The molecule has 3 nitrogen and oxygen atoms in total. The standard InChI is InChI=1S/C17H24ClN3Si/c1-6-15-16(18)17(20-11-19-15)21-12(2)13-7-9-14(10-8-13)22(3,4)5/h7-12H,6H2,1-5H3,(H,19,20,21). The molecule has 0 saturated heterocycles. The molecule has 2 aromatic rings. The molecule has 1 unspecified atom stereocenters. The third kappa shape index (κ3) is 3.87. The van der Waals surface area contributed by atoms with Crippen molar-refractivity contribution in [3.63, 3.8) is 0 Å². The van der Waals surface area contributed by atoms with Gasteiger partial charge in [-0.25, -0.2) is 9.97 Å². The third-order valence-corrected chi connectivity index (χ3v) is 6.29. The Labute approximate surface area is 139 Å². The van der Waals surface area contributed by atoms with Gasteiger partial charge in [0.05, 0.1) is 13.8 Å². The van der Waals surface area contributed by atoms with Gasteiger partial charge in [0.1, 0.15) is 17.2 Å².